The van der Waals surface area contributed by atoms with Crippen molar-refractivity contribution in [1.29, 1.82) is 0 Å². The van der Waals surface area contributed by atoms with Gasteiger partial charge in [0.25, 0.3) is 0 Å². The van der Waals surface area contributed by atoms with Crippen molar-refractivity contribution in [1.82, 2.24) is 4.98 Å². The zero-order valence-electron chi connectivity index (χ0n) is 9.14. The predicted molar refractivity (Wildman–Crippen MR) is 61.3 cm³/mol. The van der Waals surface area contributed by atoms with Crippen LogP contribution in [-0.2, 0) is 0 Å². The molecule has 0 aliphatic heterocycles. The predicted octanol–water partition coefficient (Wildman–Crippen LogP) is 2.89. The molecule has 1 N–H and O–H groups in total. The summed E-state index contributed by atoms with van der Waals surface area (Å²) in [5.41, 5.74) is 1.13. The lowest BCUT2D eigenvalue weighted by atomic mass is 10.0. The van der Waals surface area contributed by atoms with E-state index in [4.69, 9.17) is 5.11 Å². The number of aryl methyl sites for hydroxylation is 1. The van der Waals surface area contributed by atoms with Crippen LogP contribution < -0.4 is 0 Å². The number of aromatic carboxylic acids is 1. The number of benzene rings is 1. The molecule has 4 heteroatoms. The highest BCUT2D eigenvalue weighted by Crippen LogP contribution is 2.24. The number of hydrogen-bond acceptors (Lipinski definition) is 2. The van der Waals surface area contributed by atoms with Gasteiger partial charge in [-0.05, 0) is 36.8 Å². The van der Waals surface area contributed by atoms with E-state index in [1.165, 1.54) is 24.4 Å². The van der Waals surface area contributed by atoms with Crippen LogP contribution in [0.4, 0.5) is 4.39 Å². The minimum atomic E-state index is -1.12. The smallest absolute Gasteiger partial charge is 0.337 e. The lowest BCUT2D eigenvalue weighted by Crippen LogP contribution is -2.02. The molecule has 0 radical (unpaired) electrons. The lowest BCUT2D eigenvalue weighted by molar-refractivity contribution is 0.0697. The fourth-order valence-corrected chi connectivity index (χ4v) is 1.60. The number of carboxylic acids is 1. The van der Waals surface area contributed by atoms with Gasteiger partial charge in [0.05, 0.1) is 11.3 Å². The van der Waals surface area contributed by atoms with Crippen molar-refractivity contribution < 1.29 is 14.3 Å². The van der Waals surface area contributed by atoms with Gasteiger partial charge >= 0.3 is 5.97 Å². The molecule has 0 saturated carbocycles. The molecule has 1 aromatic heterocycles. The summed E-state index contributed by atoms with van der Waals surface area (Å²) in [6.45, 7) is 1.77. The van der Waals surface area contributed by atoms with Crippen molar-refractivity contribution in [3.63, 3.8) is 0 Å². The van der Waals surface area contributed by atoms with Crippen molar-refractivity contribution in [3.05, 3.63) is 53.5 Å². The van der Waals surface area contributed by atoms with E-state index in [9.17, 15) is 9.18 Å². The molecule has 17 heavy (non-hydrogen) atoms. The zero-order valence-corrected chi connectivity index (χ0v) is 9.14. The third-order valence-electron chi connectivity index (χ3n) is 2.42. The molecule has 0 atom stereocenters. The second-order valence-corrected chi connectivity index (χ2v) is 3.69. The Morgan fingerprint density at radius 3 is 2.76 bits per heavy atom. The monoisotopic (exact) mass is 231 g/mol. The number of pyridine rings is 1. The second-order valence-electron chi connectivity index (χ2n) is 3.69. The maximum Gasteiger partial charge on any atom is 0.337 e. The van der Waals surface area contributed by atoms with E-state index in [1.807, 2.05) is 0 Å². The lowest BCUT2D eigenvalue weighted by Gasteiger charge is -2.06. The van der Waals surface area contributed by atoms with E-state index < -0.39 is 11.8 Å². The van der Waals surface area contributed by atoms with Crippen molar-refractivity contribution in [2.45, 2.75) is 6.92 Å². The Morgan fingerprint density at radius 1 is 1.35 bits per heavy atom. The highest BCUT2D eigenvalue weighted by atomic mass is 19.1. The first-order valence-electron chi connectivity index (χ1n) is 5.04. The van der Waals surface area contributed by atoms with Crippen molar-refractivity contribution >= 4 is 5.97 Å². The van der Waals surface area contributed by atoms with Gasteiger partial charge in [0.1, 0.15) is 5.82 Å². The standard InChI is InChI=1S/C13H10FNO2/c1-8-4-5-9(11(14)7-8)12-10(13(16)17)3-2-6-15-12/h2-7H,1H3,(H,16,17). The van der Waals surface area contributed by atoms with Gasteiger partial charge < -0.3 is 5.11 Å². The SMILES string of the molecule is Cc1ccc(-c2ncccc2C(=O)O)c(F)c1. The van der Waals surface area contributed by atoms with Gasteiger partial charge in [0, 0.05) is 11.8 Å². The molecule has 0 bridgehead atoms. The van der Waals surface area contributed by atoms with Gasteiger partial charge in [-0.3, -0.25) is 4.98 Å². The summed E-state index contributed by atoms with van der Waals surface area (Å²) in [5.74, 6) is -1.58. The van der Waals surface area contributed by atoms with Crippen LogP contribution in [0.2, 0.25) is 0 Å². The Bertz CT molecular complexity index is 581. The van der Waals surface area contributed by atoms with E-state index in [0.717, 1.165) is 5.56 Å². The molecule has 2 rings (SSSR count). The van der Waals surface area contributed by atoms with Crippen molar-refractivity contribution in [3.8, 4) is 11.3 Å². The van der Waals surface area contributed by atoms with Crippen LogP contribution in [0.25, 0.3) is 11.3 Å². The summed E-state index contributed by atoms with van der Waals surface area (Å²) in [7, 11) is 0. The Kier molecular flexibility index (Phi) is 2.87. The molecular formula is C13H10FNO2. The summed E-state index contributed by atoms with van der Waals surface area (Å²) in [5, 5.41) is 9.01. The molecule has 0 fully saturated rings. The summed E-state index contributed by atoms with van der Waals surface area (Å²) in [6, 6.07) is 7.54. The Morgan fingerprint density at radius 2 is 2.12 bits per heavy atom. The number of rotatable bonds is 2. The topological polar surface area (TPSA) is 50.2 Å². The molecule has 0 amide bonds. The quantitative estimate of drug-likeness (QED) is 0.864. The molecule has 0 aliphatic carbocycles. The van der Waals surface area contributed by atoms with Crippen LogP contribution in [0.3, 0.4) is 0 Å². The van der Waals surface area contributed by atoms with Crippen LogP contribution >= 0.6 is 0 Å². The largest absolute Gasteiger partial charge is 0.478 e. The molecule has 0 unspecified atom stereocenters. The summed E-state index contributed by atoms with van der Waals surface area (Å²) in [6.07, 6.45) is 1.45. The van der Waals surface area contributed by atoms with Crippen LogP contribution in [0.5, 0.6) is 0 Å². The third-order valence-corrected chi connectivity index (χ3v) is 2.42. The van der Waals surface area contributed by atoms with Crippen LogP contribution in [0, 0.1) is 12.7 Å². The Labute approximate surface area is 97.6 Å². The fourth-order valence-electron chi connectivity index (χ4n) is 1.60. The van der Waals surface area contributed by atoms with E-state index in [-0.39, 0.29) is 16.8 Å². The Balaban J connectivity index is 2.64. The maximum atomic E-state index is 13.7. The molecule has 0 aliphatic rings. The molecule has 0 saturated heterocycles. The summed E-state index contributed by atoms with van der Waals surface area (Å²) >= 11 is 0. The van der Waals surface area contributed by atoms with E-state index in [1.54, 1.807) is 19.1 Å². The van der Waals surface area contributed by atoms with Gasteiger partial charge in [-0.15, -0.1) is 0 Å². The van der Waals surface area contributed by atoms with Gasteiger partial charge in [0.15, 0.2) is 0 Å². The number of nitrogens with zero attached hydrogens (tertiary/aromatic N) is 1. The molecule has 86 valence electrons. The number of carbonyl (C=O) groups is 1. The van der Waals surface area contributed by atoms with E-state index in [0.29, 0.717) is 0 Å². The van der Waals surface area contributed by atoms with Crippen LogP contribution in [0.15, 0.2) is 36.5 Å². The minimum absolute atomic E-state index is 0.00440. The molecule has 3 nitrogen and oxygen atoms in total. The number of aromatic nitrogens is 1. The zero-order chi connectivity index (χ0) is 12.4. The van der Waals surface area contributed by atoms with Crippen LogP contribution in [-0.4, -0.2) is 16.1 Å². The van der Waals surface area contributed by atoms with E-state index >= 15 is 0 Å². The van der Waals surface area contributed by atoms with Crippen LogP contribution in [0.1, 0.15) is 15.9 Å². The molecule has 0 spiro atoms. The van der Waals surface area contributed by atoms with Gasteiger partial charge in [0.2, 0.25) is 0 Å². The number of hydrogen-bond donors (Lipinski definition) is 1. The first kappa shape index (κ1) is 11.3. The average Bonchev–Trinajstić information content (AvgIpc) is 2.29. The maximum absolute atomic E-state index is 13.7. The number of halogens is 1. The van der Waals surface area contributed by atoms with Gasteiger partial charge in [-0.25, -0.2) is 9.18 Å². The average molecular weight is 231 g/mol. The summed E-state index contributed by atoms with van der Waals surface area (Å²) < 4.78 is 13.7. The Hall–Kier alpha value is -2.23. The highest BCUT2D eigenvalue weighted by Gasteiger charge is 2.15. The second kappa shape index (κ2) is 4.33. The molecule has 2 aromatic rings. The summed E-state index contributed by atoms with van der Waals surface area (Å²) in [4.78, 5) is 15.0. The molecule has 1 aromatic carbocycles. The molecular weight excluding hydrogens is 221 g/mol. The van der Waals surface area contributed by atoms with Crippen molar-refractivity contribution in [2.75, 3.05) is 0 Å². The van der Waals surface area contributed by atoms with Gasteiger partial charge in [-0.2, -0.15) is 0 Å². The highest BCUT2D eigenvalue weighted by molar-refractivity contribution is 5.94. The molecule has 1 heterocycles. The fraction of sp³-hybridized carbons (Fsp3) is 0.0769. The minimum Gasteiger partial charge on any atom is -0.478 e. The number of carboxylic acid groups (broad SMARTS) is 1. The van der Waals surface area contributed by atoms with Gasteiger partial charge in [-0.1, -0.05) is 6.07 Å². The van der Waals surface area contributed by atoms with Crippen molar-refractivity contribution in [2.24, 2.45) is 0 Å². The van der Waals surface area contributed by atoms with E-state index in [2.05, 4.69) is 4.98 Å². The first-order chi connectivity index (χ1) is 8.09. The normalized spacial score (nSPS) is 10.2. The third kappa shape index (κ3) is 2.15. The first-order valence-corrected chi connectivity index (χ1v) is 5.04.